The Morgan fingerprint density at radius 3 is 2.78 bits per heavy atom. The lowest BCUT2D eigenvalue weighted by Crippen LogP contribution is -2.39. The van der Waals surface area contributed by atoms with Crippen LogP contribution in [0, 0.1) is 6.92 Å². The van der Waals surface area contributed by atoms with Gasteiger partial charge in [-0.25, -0.2) is 0 Å². The third kappa shape index (κ3) is 3.89. The van der Waals surface area contributed by atoms with Crippen molar-refractivity contribution < 1.29 is 9.21 Å². The van der Waals surface area contributed by atoms with Gasteiger partial charge in [-0.3, -0.25) is 9.78 Å². The van der Waals surface area contributed by atoms with E-state index in [1.54, 1.807) is 6.20 Å². The van der Waals surface area contributed by atoms with E-state index in [1.165, 1.54) is 0 Å². The van der Waals surface area contributed by atoms with Gasteiger partial charge in [-0.15, -0.1) is 10.2 Å². The molecule has 0 aliphatic carbocycles. The second-order valence-corrected chi connectivity index (χ2v) is 6.89. The lowest BCUT2D eigenvalue weighted by atomic mass is 10.0. The van der Waals surface area contributed by atoms with Crippen LogP contribution in [0.15, 0.2) is 53.1 Å². The van der Waals surface area contributed by atoms with Crippen LogP contribution in [0.5, 0.6) is 0 Å². The van der Waals surface area contributed by atoms with Gasteiger partial charge in [-0.1, -0.05) is 30.3 Å². The third-order valence-electron chi connectivity index (χ3n) is 4.91. The van der Waals surface area contributed by atoms with E-state index in [1.807, 2.05) is 54.3 Å². The van der Waals surface area contributed by atoms with E-state index in [4.69, 9.17) is 4.42 Å². The van der Waals surface area contributed by atoms with Gasteiger partial charge in [0.1, 0.15) is 6.04 Å². The number of hydrogen-bond donors (Lipinski definition) is 0. The number of hydrogen-bond acceptors (Lipinski definition) is 5. The zero-order chi connectivity index (χ0) is 18.6. The molecule has 0 N–H and O–H groups in total. The van der Waals surface area contributed by atoms with Crippen LogP contribution in [0.25, 0.3) is 11.5 Å². The molecular weight excluding hydrogens is 340 g/mol. The van der Waals surface area contributed by atoms with Crippen LogP contribution in [0.4, 0.5) is 0 Å². The van der Waals surface area contributed by atoms with E-state index >= 15 is 0 Å². The van der Waals surface area contributed by atoms with Gasteiger partial charge < -0.3 is 9.32 Å². The number of likely N-dealkylation sites (tertiary alicyclic amines) is 1. The zero-order valence-corrected chi connectivity index (χ0v) is 15.3. The van der Waals surface area contributed by atoms with Gasteiger partial charge in [0.25, 0.3) is 0 Å². The van der Waals surface area contributed by atoms with Gasteiger partial charge in [-0.2, -0.15) is 0 Å². The van der Waals surface area contributed by atoms with Crippen molar-refractivity contribution in [1.29, 1.82) is 0 Å². The second-order valence-electron chi connectivity index (χ2n) is 6.89. The highest BCUT2D eigenvalue weighted by atomic mass is 16.4. The molecular formula is C21H22N4O2. The molecule has 6 nitrogen and oxygen atoms in total. The molecule has 0 radical (unpaired) electrons. The first kappa shape index (κ1) is 17.4. The van der Waals surface area contributed by atoms with Crippen molar-refractivity contribution in [2.75, 3.05) is 6.54 Å². The fraction of sp³-hybridized carbons (Fsp3) is 0.333. The fourth-order valence-electron chi connectivity index (χ4n) is 3.44. The van der Waals surface area contributed by atoms with Crippen molar-refractivity contribution in [3.05, 3.63) is 65.8 Å². The molecule has 3 aromatic rings. The Labute approximate surface area is 158 Å². The Balaban J connectivity index is 1.54. The molecule has 1 aliphatic heterocycles. The minimum Gasteiger partial charge on any atom is -0.418 e. The molecule has 0 spiro atoms. The predicted molar refractivity (Wildman–Crippen MR) is 101 cm³/mol. The lowest BCUT2D eigenvalue weighted by molar-refractivity contribution is -0.134. The van der Waals surface area contributed by atoms with Crippen molar-refractivity contribution in [3.63, 3.8) is 0 Å². The van der Waals surface area contributed by atoms with E-state index in [-0.39, 0.29) is 11.9 Å². The van der Waals surface area contributed by atoms with E-state index in [9.17, 15) is 4.79 Å². The van der Waals surface area contributed by atoms with Gasteiger partial charge in [0.05, 0.1) is 12.0 Å². The summed E-state index contributed by atoms with van der Waals surface area (Å²) in [7, 11) is 0. The molecule has 27 heavy (non-hydrogen) atoms. The van der Waals surface area contributed by atoms with E-state index < -0.39 is 0 Å². The molecule has 2 aromatic heterocycles. The molecule has 6 heteroatoms. The Morgan fingerprint density at radius 1 is 1.15 bits per heavy atom. The number of amides is 1. The minimum atomic E-state index is -0.158. The number of benzene rings is 1. The predicted octanol–water partition coefficient (Wildman–Crippen LogP) is 3.74. The maximum absolute atomic E-state index is 12.9. The largest absolute Gasteiger partial charge is 0.418 e. The van der Waals surface area contributed by atoms with Crippen molar-refractivity contribution in [2.24, 2.45) is 0 Å². The summed E-state index contributed by atoms with van der Waals surface area (Å²) in [6.07, 6.45) is 5.00. The summed E-state index contributed by atoms with van der Waals surface area (Å²) in [6.45, 7) is 2.65. The molecule has 1 unspecified atom stereocenters. The molecule has 1 amide bonds. The van der Waals surface area contributed by atoms with Gasteiger partial charge in [-0.05, 0) is 43.9 Å². The van der Waals surface area contributed by atoms with Crippen LogP contribution in [-0.4, -0.2) is 32.5 Å². The second kappa shape index (κ2) is 7.70. The molecule has 0 bridgehead atoms. The quantitative estimate of drug-likeness (QED) is 0.707. The van der Waals surface area contributed by atoms with E-state index in [0.717, 1.165) is 42.6 Å². The lowest BCUT2D eigenvalue weighted by Gasteiger charge is -2.33. The number of aryl methyl sites for hydroxylation is 1. The summed E-state index contributed by atoms with van der Waals surface area (Å²) in [4.78, 5) is 19.1. The fourth-order valence-corrected chi connectivity index (χ4v) is 3.44. The first-order valence-corrected chi connectivity index (χ1v) is 9.30. The molecule has 1 aliphatic rings. The van der Waals surface area contributed by atoms with Crippen LogP contribution in [0.3, 0.4) is 0 Å². The molecule has 0 saturated carbocycles. The van der Waals surface area contributed by atoms with Gasteiger partial charge in [0.15, 0.2) is 0 Å². The smallest absolute Gasteiger partial charge is 0.249 e. The third-order valence-corrected chi connectivity index (χ3v) is 4.91. The summed E-state index contributed by atoms with van der Waals surface area (Å²) >= 11 is 0. The maximum Gasteiger partial charge on any atom is 0.249 e. The molecule has 1 fully saturated rings. The van der Waals surface area contributed by atoms with Crippen LogP contribution in [0.2, 0.25) is 0 Å². The Kier molecular flexibility index (Phi) is 4.96. The zero-order valence-electron chi connectivity index (χ0n) is 15.3. The SMILES string of the molecule is Cc1ccc(-c2nnc(C3CCCCN3C(=O)Cc3ccccc3)o2)cn1. The summed E-state index contributed by atoms with van der Waals surface area (Å²) in [6, 6.07) is 13.5. The van der Waals surface area contributed by atoms with Crippen LogP contribution < -0.4 is 0 Å². The average molecular weight is 362 g/mol. The molecule has 4 rings (SSSR count). The maximum atomic E-state index is 12.9. The van der Waals surface area contributed by atoms with E-state index in [2.05, 4.69) is 15.2 Å². The van der Waals surface area contributed by atoms with Gasteiger partial charge >= 0.3 is 0 Å². The number of aromatic nitrogens is 3. The highest BCUT2D eigenvalue weighted by molar-refractivity contribution is 5.79. The Hall–Kier alpha value is -3.02. The molecule has 1 aromatic carbocycles. The highest BCUT2D eigenvalue weighted by Crippen LogP contribution is 2.32. The average Bonchev–Trinajstić information content (AvgIpc) is 3.19. The number of carbonyl (C=O) groups is 1. The van der Waals surface area contributed by atoms with Crippen molar-refractivity contribution >= 4 is 5.91 Å². The van der Waals surface area contributed by atoms with Crippen molar-refractivity contribution in [2.45, 2.75) is 38.6 Å². The standard InChI is InChI=1S/C21H22N4O2/c1-15-10-11-17(14-22-15)20-23-24-21(27-20)18-9-5-6-12-25(18)19(26)13-16-7-3-2-4-8-16/h2-4,7-8,10-11,14,18H,5-6,9,12-13H2,1H3. The summed E-state index contributed by atoms with van der Waals surface area (Å²) < 4.78 is 5.92. The monoisotopic (exact) mass is 362 g/mol. The minimum absolute atomic E-state index is 0.0997. The first-order chi connectivity index (χ1) is 13.2. The first-order valence-electron chi connectivity index (χ1n) is 9.30. The van der Waals surface area contributed by atoms with E-state index in [0.29, 0.717) is 18.2 Å². The normalized spacial score (nSPS) is 17.1. The Bertz CT molecular complexity index is 905. The van der Waals surface area contributed by atoms with Crippen molar-refractivity contribution in [3.8, 4) is 11.5 Å². The molecule has 3 heterocycles. The molecule has 1 saturated heterocycles. The Morgan fingerprint density at radius 2 is 2.00 bits per heavy atom. The summed E-state index contributed by atoms with van der Waals surface area (Å²) in [5, 5.41) is 8.41. The van der Waals surface area contributed by atoms with Gasteiger partial charge in [0, 0.05) is 18.4 Å². The van der Waals surface area contributed by atoms with Crippen LogP contribution in [-0.2, 0) is 11.2 Å². The topological polar surface area (TPSA) is 72.1 Å². The number of carbonyl (C=O) groups excluding carboxylic acids is 1. The van der Waals surface area contributed by atoms with Gasteiger partial charge in [0.2, 0.25) is 17.7 Å². The van der Waals surface area contributed by atoms with Crippen LogP contribution >= 0.6 is 0 Å². The number of piperidine rings is 1. The summed E-state index contributed by atoms with van der Waals surface area (Å²) in [5.74, 6) is 1.05. The number of rotatable bonds is 4. The number of pyridine rings is 1. The number of nitrogens with zero attached hydrogens (tertiary/aromatic N) is 4. The molecule has 138 valence electrons. The summed E-state index contributed by atoms with van der Waals surface area (Å²) in [5.41, 5.74) is 2.74. The molecule has 1 atom stereocenters. The van der Waals surface area contributed by atoms with Crippen LogP contribution in [0.1, 0.15) is 42.5 Å². The van der Waals surface area contributed by atoms with Crippen molar-refractivity contribution in [1.82, 2.24) is 20.1 Å². The highest BCUT2D eigenvalue weighted by Gasteiger charge is 2.32.